The van der Waals surface area contributed by atoms with Crippen LogP contribution in [0.3, 0.4) is 0 Å². The quantitative estimate of drug-likeness (QED) is 0.288. The van der Waals surface area contributed by atoms with Gasteiger partial charge in [-0.1, -0.05) is 6.92 Å². The number of carbonyl (C=O) groups is 1. The van der Waals surface area contributed by atoms with E-state index in [0.29, 0.717) is 19.0 Å². The molecule has 1 unspecified atom stereocenters. The van der Waals surface area contributed by atoms with Crippen LogP contribution >= 0.6 is 24.0 Å². The van der Waals surface area contributed by atoms with Gasteiger partial charge in [-0.15, -0.1) is 24.0 Å². The molecular formula is C17H28IN3O4. The van der Waals surface area contributed by atoms with Crippen molar-refractivity contribution in [3.05, 3.63) is 23.8 Å². The van der Waals surface area contributed by atoms with Crippen LogP contribution in [0.2, 0.25) is 0 Å². The number of halogens is 1. The van der Waals surface area contributed by atoms with Crippen molar-refractivity contribution in [2.24, 2.45) is 10.9 Å². The van der Waals surface area contributed by atoms with Gasteiger partial charge in [-0.2, -0.15) is 0 Å². The molecule has 0 spiro atoms. The molecule has 142 valence electrons. The molecule has 0 saturated carbocycles. The Labute approximate surface area is 166 Å². The minimum atomic E-state index is -0.254. The third-order valence-electron chi connectivity index (χ3n) is 3.65. The maximum Gasteiger partial charge on any atom is 0.310 e. The van der Waals surface area contributed by atoms with Crippen molar-refractivity contribution < 1.29 is 19.0 Å². The number of hydrogen-bond acceptors (Lipinski definition) is 5. The minimum absolute atomic E-state index is 0. The molecule has 1 rings (SSSR count). The highest BCUT2D eigenvalue weighted by atomic mass is 127. The van der Waals surface area contributed by atoms with Crippen LogP contribution < -0.4 is 14.8 Å². The molecule has 25 heavy (non-hydrogen) atoms. The van der Waals surface area contributed by atoms with E-state index in [2.05, 4.69) is 10.3 Å². The maximum atomic E-state index is 11.5. The van der Waals surface area contributed by atoms with E-state index in [9.17, 15) is 4.79 Å². The SMILES string of the molecule is CN=C(NCC(C)C(=O)OC)N(C)Cc1ccc(OC)cc1OC.I. The second-order valence-electron chi connectivity index (χ2n) is 5.39. The number of carbonyl (C=O) groups excluding carboxylic acids is 1. The Hall–Kier alpha value is -1.71. The Bertz CT molecular complexity index is 581. The summed E-state index contributed by atoms with van der Waals surface area (Å²) in [5, 5.41) is 3.17. The first kappa shape index (κ1) is 23.3. The average Bonchev–Trinajstić information content (AvgIpc) is 2.61. The van der Waals surface area contributed by atoms with Crippen molar-refractivity contribution in [3.8, 4) is 11.5 Å². The van der Waals surface area contributed by atoms with E-state index in [1.165, 1.54) is 7.11 Å². The highest BCUT2D eigenvalue weighted by Crippen LogP contribution is 2.25. The molecule has 7 nitrogen and oxygen atoms in total. The Morgan fingerprint density at radius 1 is 1.28 bits per heavy atom. The van der Waals surface area contributed by atoms with Crippen molar-refractivity contribution >= 4 is 35.9 Å². The standard InChI is InChI=1S/C17H27N3O4.HI/c1-12(16(21)24-6)10-19-17(18-2)20(3)11-13-7-8-14(22-4)9-15(13)23-5;/h7-9,12H,10-11H2,1-6H3,(H,18,19);1H. The highest BCUT2D eigenvalue weighted by molar-refractivity contribution is 14.0. The molecule has 1 atom stereocenters. The number of nitrogens with zero attached hydrogens (tertiary/aromatic N) is 2. The van der Waals surface area contributed by atoms with Crippen molar-refractivity contribution in [2.45, 2.75) is 13.5 Å². The molecule has 1 N–H and O–H groups in total. The number of methoxy groups -OCH3 is 3. The van der Waals surface area contributed by atoms with Crippen LogP contribution in [0.4, 0.5) is 0 Å². The van der Waals surface area contributed by atoms with Gasteiger partial charge in [0.1, 0.15) is 11.5 Å². The van der Waals surface area contributed by atoms with E-state index >= 15 is 0 Å². The minimum Gasteiger partial charge on any atom is -0.497 e. The predicted molar refractivity (Wildman–Crippen MR) is 109 cm³/mol. The average molecular weight is 465 g/mol. The Balaban J connectivity index is 0.00000576. The summed E-state index contributed by atoms with van der Waals surface area (Å²) in [5.41, 5.74) is 1.00. The van der Waals surface area contributed by atoms with Crippen molar-refractivity contribution in [1.82, 2.24) is 10.2 Å². The summed E-state index contributed by atoms with van der Waals surface area (Å²) in [5.74, 6) is 1.67. The number of ether oxygens (including phenoxy) is 3. The van der Waals surface area contributed by atoms with E-state index in [1.807, 2.05) is 30.1 Å². The molecule has 1 aromatic rings. The zero-order chi connectivity index (χ0) is 18.1. The van der Waals surface area contributed by atoms with E-state index < -0.39 is 0 Å². The third kappa shape index (κ3) is 6.97. The van der Waals surface area contributed by atoms with E-state index in [-0.39, 0.29) is 35.9 Å². The lowest BCUT2D eigenvalue weighted by Gasteiger charge is -2.24. The summed E-state index contributed by atoms with van der Waals surface area (Å²) in [6.07, 6.45) is 0. The van der Waals surface area contributed by atoms with Gasteiger partial charge < -0.3 is 24.4 Å². The molecule has 0 aliphatic carbocycles. The lowest BCUT2D eigenvalue weighted by molar-refractivity contribution is -0.144. The number of nitrogens with one attached hydrogen (secondary N) is 1. The van der Waals surface area contributed by atoms with Gasteiger partial charge in [0.2, 0.25) is 0 Å². The summed E-state index contributed by atoms with van der Waals surface area (Å²) < 4.78 is 15.4. The van der Waals surface area contributed by atoms with E-state index in [1.54, 1.807) is 28.2 Å². The molecule has 0 aliphatic rings. The second kappa shape index (κ2) is 11.8. The number of esters is 1. The van der Waals surface area contributed by atoms with Gasteiger partial charge in [0, 0.05) is 38.8 Å². The fourth-order valence-electron chi connectivity index (χ4n) is 2.23. The number of benzene rings is 1. The largest absolute Gasteiger partial charge is 0.497 e. The van der Waals surface area contributed by atoms with Crippen LogP contribution in [0, 0.1) is 5.92 Å². The summed E-state index contributed by atoms with van der Waals surface area (Å²) in [7, 11) is 8.25. The first-order valence-corrected chi connectivity index (χ1v) is 7.67. The molecule has 0 fully saturated rings. The Morgan fingerprint density at radius 3 is 2.48 bits per heavy atom. The van der Waals surface area contributed by atoms with Gasteiger partial charge in [0.15, 0.2) is 5.96 Å². The molecule has 0 heterocycles. The molecule has 1 aromatic carbocycles. The number of hydrogen-bond donors (Lipinski definition) is 1. The van der Waals surface area contributed by atoms with Crippen molar-refractivity contribution in [3.63, 3.8) is 0 Å². The van der Waals surface area contributed by atoms with Crippen molar-refractivity contribution in [2.75, 3.05) is 42.0 Å². The summed E-state index contributed by atoms with van der Waals surface area (Å²) in [6.45, 7) is 2.85. The second-order valence-corrected chi connectivity index (χ2v) is 5.39. The van der Waals surface area contributed by atoms with Crippen LogP contribution in [0.5, 0.6) is 11.5 Å². The van der Waals surface area contributed by atoms with Crippen LogP contribution in [-0.4, -0.2) is 58.8 Å². The Morgan fingerprint density at radius 2 is 1.96 bits per heavy atom. The number of guanidine groups is 1. The van der Waals surface area contributed by atoms with Gasteiger partial charge in [-0.05, 0) is 12.1 Å². The van der Waals surface area contributed by atoms with Gasteiger partial charge >= 0.3 is 5.97 Å². The monoisotopic (exact) mass is 465 g/mol. The van der Waals surface area contributed by atoms with E-state index in [0.717, 1.165) is 17.1 Å². The number of aliphatic imine (C=N–C) groups is 1. The molecular weight excluding hydrogens is 437 g/mol. The van der Waals surface area contributed by atoms with Crippen LogP contribution in [0.25, 0.3) is 0 Å². The maximum absolute atomic E-state index is 11.5. The first-order valence-electron chi connectivity index (χ1n) is 7.67. The van der Waals surface area contributed by atoms with Gasteiger partial charge in [0.05, 0.1) is 27.2 Å². The molecule has 0 amide bonds. The van der Waals surface area contributed by atoms with Crippen LogP contribution in [0.15, 0.2) is 23.2 Å². The molecule has 0 radical (unpaired) electrons. The topological polar surface area (TPSA) is 72.4 Å². The molecule has 0 bridgehead atoms. The summed E-state index contributed by atoms with van der Waals surface area (Å²) >= 11 is 0. The van der Waals surface area contributed by atoms with Gasteiger partial charge in [-0.25, -0.2) is 0 Å². The molecule has 8 heteroatoms. The fourth-order valence-corrected chi connectivity index (χ4v) is 2.23. The molecule has 0 aromatic heterocycles. The molecule has 0 saturated heterocycles. The predicted octanol–water partition coefficient (Wildman–Crippen LogP) is 2.14. The smallest absolute Gasteiger partial charge is 0.310 e. The third-order valence-corrected chi connectivity index (χ3v) is 3.65. The van der Waals surface area contributed by atoms with Gasteiger partial charge in [-0.3, -0.25) is 9.79 Å². The first-order chi connectivity index (χ1) is 11.5. The zero-order valence-corrected chi connectivity index (χ0v) is 18.0. The normalized spacial score (nSPS) is 11.8. The Kier molecular flexibility index (Phi) is 11.0. The number of rotatable bonds is 7. The van der Waals surface area contributed by atoms with E-state index in [4.69, 9.17) is 14.2 Å². The van der Waals surface area contributed by atoms with Crippen molar-refractivity contribution in [1.29, 1.82) is 0 Å². The zero-order valence-electron chi connectivity index (χ0n) is 15.7. The van der Waals surface area contributed by atoms with Gasteiger partial charge in [0.25, 0.3) is 0 Å². The van der Waals surface area contributed by atoms with Crippen LogP contribution in [0.1, 0.15) is 12.5 Å². The van der Waals surface area contributed by atoms with Crippen LogP contribution in [-0.2, 0) is 16.1 Å². The molecule has 0 aliphatic heterocycles. The highest BCUT2D eigenvalue weighted by Gasteiger charge is 2.16. The summed E-state index contributed by atoms with van der Waals surface area (Å²) in [4.78, 5) is 17.7. The fraction of sp³-hybridized carbons (Fsp3) is 0.529. The lowest BCUT2D eigenvalue weighted by Crippen LogP contribution is -2.41. The summed E-state index contributed by atoms with van der Waals surface area (Å²) in [6, 6.07) is 5.69. The lowest BCUT2D eigenvalue weighted by atomic mass is 10.1.